The summed E-state index contributed by atoms with van der Waals surface area (Å²) in [6.45, 7) is 6.62. The lowest BCUT2D eigenvalue weighted by molar-refractivity contribution is -0.167. The van der Waals surface area contributed by atoms with Gasteiger partial charge < -0.3 is 14.2 Å². The van der Waals surface area contributed by atoms with Crippen LogP contribution in [0.15, 0.2) is 12.2 Å². The van der Waals surface area contributed by atoms with Crippen LogP contribution < -0.4 is 0 Å². The average Bonchev–Trinajstić information content (AvgIpc) is 3.22. The first-order valence-electron chi connectivity index (χ1n) is 25.7. The first-order chi connectivity index (χ1) is 28.5. The Kier molecular flexibility index (Phi) is 46.3. The molecule has 1 unspecified atom stereocenters. The first kappa shape index (κ1) is 56.1. The molecule has 0 bridgehead atoms. The smallest absolute Gasteiger partial charge is 0.306 e. The minimum absolute atomic E-state index is 0.0673. The SMILES string of the molecule is CCCC/C=C\CCCCCCCC(=O)OCC(COC(=O)CCCCCCCCCCCCCCCCCCC)OC(=O)CCCCCCCCCCCCCC. The van der Waals surface area contributed by atoms with E-state index >= 15 is 0 Å². The van der Waals surface area contributed by atoms with E-state index in [9.17, 15) is 14.4 Å². The van der Waals surface area contributed by atoms with Crippen LogP contribution in [0.5, 0.6) is 0 Å². The number of unbranched alkanes of at least 4 members (excludes halogenated alkanes) is 34. The van der Waals surface area contributed by atoms with Crippen molar-refractivity contribution in [2.45, 2.75) is 290 Å². The van der Waals surface area contributed by atoms with Crippen molar-refractivity contribution in [3.63, 3.8) is 0 Å². The van der Waals surface area contributed by atoms with Gasteiger partial charge in [0.2, 0.25) is 0 Å². The van der Waals surface area contributed by atoms with E-state index in [1.54, 1.807) is 0 Å². The first-order valence-corrected chi connectivity index (χ1v) is 25.7. The highest BCUT2D eigenvalue weighted by Crippen LogP contribution is 2.16. The molecule has 0 N–H and O–H groups in total. The summed E-state index contributed by atoms with van der Waals surface area (Å²) in [5, 5.41) is 0. The number of hydrogen-bond donors (Lipinski definition) is 0. The minimum Gasteiger partial charge on any atom is -0.462 e. The van der Waals surface area contributed by atoms with Crippen molar-refractivity contribution in [3.05, 3.63) is 12.2 Å². The normalized spacial score (nSPS) is 12.0. The van der Waals surface area contributed by atoms with E-state index in [0.717, 1.165) is 64.2 Å². The molecule has 0 saturated carbocycles. The van der Waals surface area contributed by atoms with Crippen LogP contribution in [-0.4, -0.2) is 37.2 Å². The number of ether oxygens (including phenoxy) is 3. The molecule has 0 aliphatic rings. The number of allylic oxidation sites excluding steroid dienone is 2. The molecule has 1 atom stereocenters. The lowest BCUT2D eigenvalue weighted by Crippen LogP contribution is -2.30. The fourth-order valence-electron chi connectivity index (χ4n) is 7.60. The molecule has 6 heteroatoms. The second kappa shape index (κ2) is 47.8. The Labute approximate surface area is 360 Å². The molecule has 0 aliphatic heterocycles. The number of hydrogen-bond acceptors (Lipinski definition) is 6. The second-order valence-electron chi connectivity index (χ2n) is 17.4. The van der Waals surface area contributed by atoms with Crippen molar-refractivity contribution < 1.29 is 28.6 Å². The molecule has 0 radical (unpaired) electrons. The molecule has 0 amide bonds. The van der Waals surface area contributed by atoms with Crippen LogP contribution in [0.25, 0.3) is 0 Å². The van der Waals surface area contributed by atoms with E-state index in [4.69, 9.17) is 14.2 Å². The average molecular weight is 819 g/mol. The molecule has 0 aliphatic carbocycles. The van der Waals surface area contributed by atoms with Crippen LogP contribution in [0.2, 0.25) is 0 Å². The lowest BCUT2D eigenvalue weighted by Gasteiger charge is -2.18. The number of carbonyl (C=O) groups excluding carboxylic acids is 3. The quantitative estimate of drug-likeness (QED) is 0.0263. The zero-order valence-electron chi connectivity index (χ0n) is 39.1. The van der Waals surface area contributed by atoms with Crippen molar-refractivity contribution >= 4 is 17.9 Å². The maximum absolute atomic E-state index is 12.7. The molecular formula is C52H98O6. The Morgan fingerprint density at radius 1 is 0.328 bits per heavy atom. The minimum atomic E-state index is -0.765. The highest BCUT2D eigenvalue weighted by atomic mass is 16.6. The molecule has 0 spiro atoms. The van der Waals surface area contributed by atoms with Gasteiger partial charge in [0.15, 0.2) is 6.10 Å². The summed E-state index contributed by atoms with van der Waals surface area (Å²) in [4.78, 5) is 37.9. The fourth-order valence-corrected chi connectivity index (χ4v) is 7.60. The van der Waals surface area contributed by atoms with Gasteiger partial charge in [0.25, 0.3) is 0 Å². The molecule has 0 heterocycles. The monoisotopic (exact) mass is 819 g/mol. The molecule has 0 saturated heterocycles. The van der Waals surface area contributed by atoms with Gasteiger partial charge in [-0.1, -0.05) is 238 Å². The highest BCUT2D eigenvalue weighted by molar-refractivity contribution is 5.71. The van der Waals surface area contributed by atoms with Gasteiger partial charge in [0, 0.05) is 19.3 Å². The van der Waals surface area contributed by atoms with E-state index in [0.29, 0.717) is 19.3 Å². The number of esters is 3. The molecular weight excluding hydrogens is 721 g/mol. The molecule has 342 valence electrons. The molecule has 58 heavy (non-hydrogen) atoms. The summed E-state index contributed by atoms with van der Waals surface area (Å²) < 4.78 is 16.8. The standard InChI is InChI=1S/C52H98O6/c1-4-7-10-13-16-19-22-24-25-26-27-28-31-33-36-39-42-45-51(54)57-48-49(47-56-50(53)44-41-38-35-32-29-21-18-15-12-9-6-3)58-52(55)46-43-40-37-34-30-23-20-17-14-11-8-5-2/h15,18,49H,4-14,16-17,19-48H2,1-3H3/b18-15-. The van der Waals surface area contributed by atoms with Crippen LogP contribution in [0, 0.1) is 0 Å². The maximum Gasteiger partial charge on any atom is 0.306 e. The van der Waals surface area contributed by atoms with E-state index in [2.05, 4.69) is 32.9 Å². The Morgan fingerprint density at radius 3 is 0.914 bits per heavy atom. The molecule has 0 aromatic rings. The largest absolute Gasteiger partial charge is 0.462 e. The van der Waals surface area contributed by atoms with Gasteiger partial charge in [-0.2, -0.15) is 0 Å². The van der Waals surface area contributed by atoms with Crippen molar-refractivity contribution in [1.29, 1.82) is 0 Å². The topological polar surface area (TPSA) is 78.9 Å². The van der Waals surface area contributed by atoms with Gasteiger partial charge in [0.05, 0.1) is 0 Å². The van der Waals surface area contributed by atoms with Gasteiger partial charge in [-0.25, -0.2) is 0 Å². The summed E-state index contributed by atoms with van der Waals surface area (Å²) in [5.74, 6) is -0.862. The van der Waals surface area contributed by atoms with Gasteiger partial charge in [-0.3, -0.25) is 14.4 Å². The molecule has 0 rings (SSSR count). The van der Waals surface area contributed by atoms with Gasteiger partial charge in [-0.05, 0) is 38.5 Å². The highest BCUT2D eigenvalue weighted by Gasteiger charge is 2.19. The van der Waals surface area contributed by atoms with Crippen LogP contribution in [0.4, 0.5) is 0 Å². The lowest BCUT2D eigenvalue weighted by atomic mass is 10.0. The predicted molar refractivity (Wildman–Crippen MR) is 247 cm³/mol. The van der Waals surface area contributed by atoms with E-state index in [1.807, 2.05) is 0 Å². The van der Waals surface area contributed by atoms with Crippen molar-refractivity contribution in [1.82, 2.24) is 0 Å². The van der Waals surface area contributed by atoms with Crippen LogP contribution in [0.1, 0.15) is 284 Å². The van der Waals surface area contributed by atoms with Gasteiger partial charge in [0.1, 0.15) is 13.2 Å². The van der Waals surface area contributed by atoms with Crippen molar-refractivity contribution in [2.24, 2.45) is 0 Å². The van der Waals surface area contributed by atoms with Crippen molar-refractivity contribution in [2.75, 3.05) is 13.2 Å². The summed E-state index contributed by atoms with van der Waals surface area (Å²) in [5.41, 5.74) is 0. The summed E-state index contributed by atoms with van der Waals surface area (Å²) in [6, 6.07) is 0. The molecule has 6 nitrogen and oxygen atoms in total. The van der Waals surface area contributed by atoms with Gasteiger partial charge >= 0.3 is 17.9 Å². The van der Waals surface area contributed by atoms with Gasteiger partial charge in [-0.15, -0.1) is 0 Å². The Balaban J connectivity index is 4.28. The third kappa shape index (κ3) is 45.2. The third-order valence-corrected chi connectivity index (χ3v) is 11.5. The zero-order chi connectivity index (χ0) is 42.3. The molecule has 0 aromatic heterocycles. The Morgan fingerprint density at radius 2 is 0.586 bits per heavy atom. The fraction of sp³-hybridized carbons (Fsp3) is 0.904. The second-order valence-corrected chi connectivity index (χ2v) is 17.4. The zero-order valence-corrected chi connectivity index (χ0v) is 39.1. The Hall–Kier alpha value is -1.85. The molecule has 0 fully saturated rings. The predicted octanol–water partition coefficient (Wildman–Crippen LogP) is 16.6. The number of carbonyl (C=O) groups is 3. The van der Waals surface area contributed by atoms with Crippen LogP contribution in [-0.2, 0) is 28.6 Å². The van der Waals surface area contributed by atoms with Crippen LogP contribution in [0.3, 0.4) is 0 Å². The molecule has 0 aromatic carbocycles. The van der Waals surface area contributed by atoms with E-state index < -0.39 is 6.10 Å². The summed E-state index contributed by atoms with van der Waals surface area (Å²) >= 11 is 0. The summed E-state index contributed by atoms with van der Waals surface area (Å²) in [6.07, 6.45) is 51.9. The van der Waals surface area contributed by atoms with E-state index in [1.165, 1.54) is 180 Å². The van der Waals surface area contributed by atoms with Crippen LogP contribution >= 0.6 is 0 Å². The van der Waals surface area contributed by atoms with Crippen molar-refractivity contribution in [3.8, 4) is 0 Å². The third-order valence-electron chi connectivity index (χ3n) is 11.5. The Bertz CT molecular complexity index is 900. The number of rotatable bonds is 47. The van der Waals surface area contributed by atoms with E-state index in [-0.39, 0.29) is 31.1 Å². The summed E-state index contributed by atoms with van der Waals surface area (Å²) in [7, 11) is 0. The maximum atomic E-state index is 12.7.